The molecule has 1 aliphatic rings. The van der Waals surface area contributed by atoms with Gasteiger partial charge in [-0.25, -0.2) is 9.97 Å². The second kappa shape index (κ2) is 20.0. The zero-order valence-corrected chi connectivity index (χ0v) is 34.8. The molecule has 5 rings (SSSR count). The topological polar surface area (TPSA) is 268 Å². The van der Waals surface area contributed by atoms with E-state index in [1.54, 1.807) is 37.3 Å². The van der Waals surface area contributed by atoms with Crippen LogP contribution in [0.3, 0.4) is 0 Å². The number of likely N-dealkylation sites (N-methyl/N-ethyl adjacent to an activating group) is 1. The summed E-state index contributed by atoms with van der Waals surface area (Å²) in [7, 11) is 1.38. The van der Waals surface area contributed by atoms with Crippen molar-refractivity contribution < 1.29 is 33.8 Å². The summed E-state index contributed by atoms with van der Waals surface area (Å²) in [5, 5.41) is 30.7. The molecule has 0 aliphatic carbocycles. The fourth-order valence-corrected chi connectivity index (χ4v) is 6.87. The number of hydrogen-bond donors (Lipinski definition) is 7. The van der Waals surface area contributed by atoms with Gasteiger partial charge in [-0.3, -0.25) is 24.0 Å². The van der Waals surface area contributed by atoms with Gasteiger partial charge in [-0.05, 0) is 96.9 Å². The molecule has 4 atom stereocenters. The van der Waals surface area contributed by atoms with Gasteiger partial charge in [-0.15, -0.1) is 0 Å². The SMILES string of the molecule is Cc1nc(-c2ccc(I)cc2)ncc1C(=O)N[C@@H](CCN)C(=O)N(C)[C@@H]1C(=O)N[C@@H](C)C(=O)N[C@H](C(=O)NCC#N)Cc2ccc(O)c(c2)-c2cc1ccc2OCCN. The molecule has 18 heteroatoms. The number of benzene rings is 3. The minimum atomic E-state index is -1.42. The van der Waals surface area contributed by atoms with E-state index in [0.29, 0.717) is 28.4 Å². The summed E-state index contributed by atoms with van der Waals surface area (Å²) in [4.78, 5) is 79.2. The fourth-order valence-electron chi connectivity index (χ4n) is 6.51. The number of aromatic nitrogens is 2. The molecule has 1 aromatic heterocycles. The zero-order chi connectivity index (χ0) is 42.8. The van der Waals surface area contributed by atoms with Crippen LogP contribution in [0.25, 0.3) is 22.5 Å². The Labute approximate surface area is 354 Å². The van der Waals surface area contributed by atoms with E-state index >= 15 is 0 Å². The maximum atomic E-state index is 14.4. The Hall–Kier alpha value is -6.17. The molecule has 4 aromatic rings. The van der Waals surface area contributed by atoms with Gasteiger partial charge in [0, 0.05) is 46.5 Å². The monoisotopic (exact) mass is 916 g/mol. The summed E-state index contributed by atoms with van der Waals surface area (Å²) >= 11 is 2.19. The quantitative estimate of drug-likeness (QED) is 0.0790. The maximum absolute atomic E-state index is 14.4. The molecular weight excluding hydrogens is 871 g/mol. The number of fused-ring (bicyclic) bond motifs is 5. The van der Waals surface area contributed by atoms with Crippen molar-refractivity contribution in [1.29, 1.82) is 5.26 Å². The number of carbonyl (C=O) groups is 5. The molecule has 17 nitrogen and oxygen atoms in total. The van der Waals surface area contributed by atoms with Crippen LogP contribution in [0, 0.1) is 21.8 Å². The van der Waals surface area contributed by atoms with Crippen LogP contribution in [0.2, 0.25) is 0 Å². The molecule has 0 saturated carbocycles. The smallest absolute Gasteiger partial charge is 0.255 e. The van der Waals surface area contributed by atoms with E-state index in [4.69, 9.17) is 21.5 Å². The van der Waals surface area contributed by atoms with Crippen molar-refractivity contribution in [2.24, 2.45) is 11.5 Å². The first-order valence-electron chi connectivity index (χ1n) is 18.7. The number of nitrogens with zero attached hydrogens (tertiary/aromatic N) is 4. The lowest BCUT2D eigenvalue weighted by molar-refractivity contribution is -0.141. The van der Waals surface area contributed by atoms with Crippen molar-refractivity contribution in [2.75, 3.05) is 33.3 Å². The molecule has 308 valence electrons. The molecule has 5 amide bonds. The van der Waals surface area contributed by atoms with Crippen LogP contribution in [-0.4, -0.2) is 101 Å². The standard InChI is InChI=1S/C41H45IN10O7/c1-22-30(21-47-36(48-22)25-5-8-27(42)9-6-25)38(55)50-31(12-13-43)41(58)52(3)35-26-7-11-34(59-17-15-45)29(20-26)28-18-24(4-10-33(28)53)19-32(39(56)46-16-14-44)51-37(54)23(2)49-40(35)57/h4-11,18,20-21,23,31-32,35,53H,12-13,15-17,19,43,45H2,1-3H3,(H,46,56)(H,49,57)(H,50,55)(H,51,54)/t23-,31-,32-,35-/m0/s1. The van der Waals surface area contributed by atoms with E-state index in [9.17, 15) is 29.1 Å². The summed E-state index contributed by atoms with van der Waals surface area (Å²) in [6.45, 7) is 3.04. The van der Waals surface area contributed by atoms with Crippen LogP contribution in [-0.2, 0) is 25.6 Å². The third-order valence-corrected chi connectivity index (χ3v) is 10.3. The predicted octanol–water partition coefficient (Wildman–Crippen LogP) is 1.60. The van der Waals surface area contributed by atoms with Crippen molar-refractivity contribution in [3.05, 3.63) is 92.8 Å². The normalized spacial score (nSPS) is 16.9. The maximum Gasteiger partial charge on any atom is 0.255 e. The first-order valence-corrected chi connectivity index (χ1v) is 19.8. The Morgan fingerprint density at radius 3 is 2.47 bits per heavy atom. The summed E-state index contributed by atoms with van der Waals surface area (Å²) in [6, 6.07) is 13.7. The van der Waals surface area contributed by atoms with Crippen molar-refractivity contribution >= 4 is 52.1 Å². The number of nitrogens with two attached hydrogens (primary N) is 2. The molecule has 0 saturated heterocycles. The van der Waals surface area contributed by atoms with Crippen molar-refractivity contribution in [3.8, 4) is 40.1 Å². The highest BCUT2D eigenvalue weighted by molar-refractivity contribution is 14.1. The molecule has 0 unspecified atom stereocenters. The van der Waals surface area contributed by atoms with E-state index in [2.05, 4.69) is 53.8 Å². The molecule has 0 fully saturated rings. The lowest BCUT2D eigenvalue weighted by atomic mass is 9.93. The predicted molar refractivity (Wildman–Crippen MR) is 225 cm³/mol. The lowest BCUT2D eigenvalue weighted by Crippen LogP contribution is -2.56. The Kier molecular flexibility index (Phi) is 14.9. The van der Waals surface area contributed by atoms with Gasteiger partial charge in [-0.1, -0.05) is 24.3 Å². The number of halogens is 1. The second-order valence-electron chi connectivity index (χ2n) is 13.8. The fraction of sp³-hybridized carbons (Fsp3) is 0.317. The number of carbonyl (C=O) groups excluding carboxylic acids is 5. The van der Waals surface area contributed by atoms with Gasteiger partial charge in [0.15, 0.2) is 5.82 Å². The Morgan fingerprint density at radius 1 is 1.05 bits per heavy atom. The van der Waals surface area contributed by atoms with Gasteiger partial charge < -0.3 is 47.5 Å². The molecular formula is C41H45IN10O7. The van der Waals surface area contributed by atoms with Crippen LogP contribution >= 0.6 is 22.6 Å². The molecule has 0 spiro atoms. The van der Waals surface area contributed by atoms with E-state index in [1.807, 2.05) is 30.3 Å². The zero-order valence-electron chi connectivity index (χ0n) is 32.6. The van der Waals surface area contributed by atoms with Crippen LogP contribution in [0.4, 0.5) is 0 Å². The highest BCUT2D eigenvalue weighted by Crippen LogP contribution is 2.39. The minimum Gasteiger partial charge on any atom is -0.507 e. The Bertz CT molecular complexity index is 2270. The number of ether oxygens (including phenoxy) is 1. The first-order chi connectivity index (χ1) is 28.3. The minimum absolute atomic E-state index is 0.00409. The molecule has 4 bridgehead atoms. The van der Waals surface area contributed by atoms with Crippen molar-refractivity contribution in [3.63, 3.8) is 0 Å². The molecule has 0 radical (unpaired) electrons. The summed E-state index contributed by atoms with van der Waals surface area (Å²) in [6.07, 6.45) is 1.34. The summed E-state index contributed by atoms with van der Waals surface area (Å²) in [5.41, 5.74) is 14.4. The molecule has 59 heavy (non-hydrogen) atoms. The number of amides is 5. The number of phenols is 1. The number of nitrogens with one attached hydrogen (secondary N) is 4. The third-order valence-electron chi connectivity index (χ3n) is 9.58. The average molecular weight is 917 g/mol. The van der Waals surface area contributed by atoms with Gasteiger partial charge in [0.05, 0.1) is 17.3 Å². The Balaban J connectivity index is 1.54. The average Bonchev–Trinajstić information content (AvgIpc) is 3.22. The summed E-state index contributed by atoms with van der Waals surface area (Å²) < 4.78 is 6.99. The number of rotatable bonds is 12. The summed E-state index contributed by atoms with van der Waals surface area (Å²) in [5.74, 6) is -2.90. The van der Waals surface area contributed by atoms with E-state index < -0.39 is 53.7 Å². The second-order valence-corrected chi connectivity index (χ2v) is 15.0. The van der Waals surface area contributed by atoms with Crippen LogP contribution in [0.1, 0.15) is 46.6 Å². The van der Waals surface area contributed by atoms with Gasteiger partial charge in [-0.2, -0.15) is 5.26 Å². The number of phenolic OH excluding ortho intramolecular Hbond substituents is 1. The van der Waals surface area contributed by atoms with Gasteiger partial charge in [0.25, 0.3) is 5.91 Å². The van der Waals surface area contributed by atoms with Gasteiger partial charge in [0.1, 0.15) is 48.8 Å². The van der Waals surface area contributed by atoms with Gasteiger partial charge >= 0.3 is 0 Å². The lowest BCUT2D eigenvalue weighted by Gasteiger charge is -2.32. The molecule has 2 heterocycles. The number of nitriles is 1. The van der Waals surface area contributed by atoms with Crippen molar-refractivity contribution in [1.82, 2.24) is 36.1 Å². The first kappa shape index (κ1) is 43.9. The van der Waals surface area contributed by atoms with Crippen LogP contribution in [0.5, 0.6) is 11.5 Å². The van der Waals surface area contributed by atoms with Gasteiger partial charge in [0.2, 0.25) is 23.6 Å². The number of aromatic hydroxyl groups is 1. The third kappa shape index (κ3) is 10.7. The van der Waals surface area contributed by atoms with Crippen molar-refractivity contribution in [2.45, 2.75) is 50.9 Å². The molecule has 9 N–H and O–H groups in total. The number of aryl methyl sites for hydroxylation is 1. The largest absolute Gasteiger partial charge is 0.507 e. The van der Waals surface area contributed by atoms with E-state index in [1.165, 1.54) is 26.2 Å². The number of hydrogen-bond acceptors (Lipinski definition) is 12. The van der Waals surface area contributed by atoms with Crippen LogP contribution < -0.4 is 37.5 Å². The van der Waals surface area contributed by atoms with Crippen LogP contribution in [0.15, 0.2) is 66.9 Å². The Morgan fingerprint density at radius 2 is 1.80 bits per heavy atom. The molecule has 3 aromatic carbocycles. The highest BCUT2D eigenvalue weighted by atomic mass is 127. The van der Waals surface area contributed by atoms with E-state index in [-0.39, 0.29) is 61.5 Å². The molecule has 1 aliphatic heterocycles. The highest BCUT2D eigenvalue weighted by Gasteiger charge is 2.36. The van der Waals surface area contributed by atoms with E-state index in [0.717, 1.165) is 14.0 Å².